The van der Waals surface area contributed by atoms with Crippen LogP contribution >= 0.6 is 23.6 Å². The van der Waals surface area contributed by atoms with E-state index < -0.39 is 30.2 Å². The standard InChI is InChI=1S/C27H37F2N5O4S2/c1-26(2,3)38-25(37)34-12-19(27(28,29)13-34)32-24(39)31-16-8-9-18-17(10-16)20(22(36)30-11-14-4-5-14)23(40-18)33-21(35)15-6-7-15/h14-16,19H,4-13H2,1-3H3,(H,30,36)(H,33,35)(H2,31,32,39)/t16-,19?/m0/s1. The predicted molar refractivity (Wildman–Crippen MR) is 152 cm³/mol. The van der Waals surface area contributed by atoms with E-state index in [1.807, 2.05) is 0 Å². The van der Waals surface area contributed by atoms with E-state index >= 15 is 0 Å². The van der Waals surface area contributed by atoms with Crippen LogP contribution in [0.3, 0.4) is 0 Å². The van der Waals surface area contributed by atoms with Crippen LogP contribution in [0.1, 0.15) is 73.7 Å². The second kappa shape index (κ2) is 11.0. The van der Waals surface area contributed by atoms with Gasteiger partial charge in [0, 0.05) is 23.4 Å². The van der Waals surface area contributed by atoms with Gasteiger partial charge in [-0.2, -0.15) is 0 Å². The third-order valence-electron chi connectivity index (χ3n) is 7.53. The molecule has 1 unspecified atom stereocenters. The van der Waals surface area contributed by atoms with Crippen LogP contribution in [-0.2, 0) is 22.4 Å². The zero-order valence-electron chi connectivity index (χ0n) is 23.0. The van der Waals surface area contributed by atoms with Gasteiger partial charge in [0.25, 0.3) is 11.8 Å². The number of anilines is 1. The summed E-state index contributed by atoms with van der Waals surface area (Å²) in [7, 11) is 0. The van der Waals surface area contributed by atoms with Crippen molar-refractivity contribution in [1.29, 1.82) is 0 Å². The van der Waals surface area contributed by atoms with E-state index in [0.717, 1.165) is 41.0 Å². The van der Waals surface area contributed by atoms with Gasteiger partial charge in [0.15, 0.2) is 5.11 Å². The molecule has 3 amide bonds. The summed E-state index contributed by atoms with van der Waals surface area (Å²) < 4.78 is 34.8. The van der Waals surface area contributed by atoms with Crippen LogP contribution in [-0.4, -0.2) is 71.2 Å². The zero-order valence-corrected chi connectivity index (χ0v) is 24.7. The lowest BCUT2D eigenvalue weighted by Crippen LogP contribution is -2.53. The number of ether oxygens (including phenoxy) is 1. The number of rotatable bonds is 7. The summed E-state index contributed by atoms with van der Waals surface area (Å²) in [5.74, 6) is -2.89. The maximum absolute atomic E-state index is 14.8. The van der Waals surface area contributed by atoms with Crippen molar-refractivity contribution >= 4 is 51.6 Å². The van der Waals surface area contributed by atoms with E-state index in [1.54, 1.807) is 20.8 Å². The van der Waals surface area contributed by atoms with Crippen molar-refractivity contribution in [3.05, 3.63) is 16.0 Å². The average Bonchev–Trinajstić information content (AvgIpc) is 3.77. The fraction of sp³-hybridized carbons (Fsp3) is 0.704. The van der Waals surface area contributed by atoms with Crippen LogP contribution in [0, 0.1) is 11.8 Å². The smallest absolute Gasteiger partial charge is 0.410 e. The number of alkyl halides is 2. The molecule has 2 atom stereocenters. The maximum atomic E-state index is 14.8. The maximum Gasteiger partial charge on any atom is 0.410 e. The molecule has 2 saturated carbocycles. The number of nitrogens with one attached hydrogen (secondary N) is 4. The molecule has 1 aliphatic heterocycles. The number of carbonyl (C=O) groups excluding carboxylic acids is 3. The zero-order chi connectivity index (χ0) is 28.8. The molecule has 1 aromatic rings. The molecular formula is C27H37F2N5O4S2. The minimum atomic E-state index is -3.18. The van der Waals surface area contributed by atoms with Gasteiger partial charge in [-0.3, -0.25) is 14.5 Å². The number of likely N-dealkylation sites (tertiary alicyclic amines) is 1. The number of fused-ring (bicyclic) bond motifs is 1. The van der Waals surface area contributed by atoms with Crippen molar-refractivity contribution in [3.8, 4) is 0 Å². The number of carbonyl (C=O) groups is 3. The number of nitrogens with zero attached hydrogens (tertiary/aromatic N) is 1. The summed E-state index contributed by atoms with van der Waals surface area (Å²) in [6.45, 7) is 4.68. The van der Waals surface area contributed by atoms with Crippen molar-refractivity contribution in [2.24, 2.45) is 11.8 Å². The Balaban J connectivity index is 1.23. The first-order valence-electron chi connectivity index (χ1n) is 14.0. The molecule has 220 valence electrons. The van der Waals surface area contributed by atoms with Gasteiger partial charge in [-0.05, 0) is 89.4 Å². The van der Waals surface area contributed by atoms with E-state index in [1.165, 1.54) is 11.3 Å². The molecule has 4 N–H and O–H groups in total. The highest BCUT2D eigenvalue weighted by atomic mass is 32.1. The van der Waals surface area contributed by atoms with Crippen molar-refractivity contribution in [2.45, 2.75) is 89.3 Å². The van der Waals surface area contributed by atoms with Crippen molar-refractivity contribution in [1.82, 2.24) is 20.9 Å². The average molecular weight is 598 g/mol. The highest BCUT2D eigenvalue weighted by Gasteiger charge is 2.51. The fourth-order valence-corrected chi connectivity index (χ4v) is 6.58. The Morgan fingerprint density at radius 1 is 1.12 bits per heavy atom. The van der Waals surface area contributed by atoms with E-state index in [9.17, 15) is 23.2 Å². The first-order chi connectivity index (χ1) is 18.8. The summed E-state index contributed by atoms with van der Waals surface area (Å²) in [5, 5.41) is 12.5. The van der Waals surface area contributed by atoms with Crippen LogP contribution in [0.15, 0.2) is 0 Å². The van der Waals surface area contributed by atoms with Crippen LogP contribution < -0.4 is 21.3 Å². The minimum Gasteiger partial charge on any atom is -0.444 e. The van der Waals surface area contributed by atoms with Crippen molar-refractivity contribution in [3.63, 3.8) is 0 Å². The van der Waals surface area contributed by atoms with Crippen molar-refractivity contribution < 1.29 is 27.9 Å². The molecule has 1 aromatic heterocycles. The normalized spacial score (nSPS) is 23.7. The number of aryl methyl sites for hydroxylation is 1. The largest absolute Gasteiger partial charge is 0.444 e. The van der Waals surface area contributed by atoms with E-state index in [0.29, 0.717) is 42.3 Å². The predicted octanol–water partition coefficient (Wildman–Crippen LogP) is 3.81. The molecule has 0 radical (unpaired) electrons. The molecule has 9 nitrogen and oxygen atoms in total. The molecule has 3 fully saturated rings. The molecule has 0 aromatic carbocycles. The Bertz CT molecular complexity index is 1190. The minimum absolute atomic E-state index is 0.0133. The van der Waals surface area contributed by atoms with Crippen molar-refractivity contribution in [2.75, 3.05) is 25.0 Å². The van der Waals surface area contributed by atoms with Gasteiger partial charge in [0.2, 0.25) is 5.91 Å². The Hall–Kier alpha value is -2.54. The number of hydrogen-bond donors (Lipinski definition) is 4. The molecule has 13 heteroatoms. The SMILES string of the molecule is CC(C)(C)OC(=O)N1CC(NC(=S)N[C@H]2CCc3sc(NC(=O)C4CC4)c(C(=O)NCC4CC4)c3C2)C(F)(F)C1. The van der Waals surface area contributed by atoms with E-state index in [2.05, 4.69) is 21.3 Å². The lowest BCUT2D eigenvalue weighted by Gasteiger charge is -2.27. The lowest BCUT2D eigenvalue weighted by atomic mass is 9.91. The molecule has 3 aliphatic carbocycles. The summed E-state index contributed by atoms with van der Waals surface area (Å²) in [6, 6.07) is -1.53. The number of thiocarbonyl (C=S) groups is 1. The molecular weight excluding hydrogens is 560 g/mol. The molecule has 5 rings (SSSR count). The number of amides is 3. The van der Waals surface area contributed by atoms with Gasteiger partial charge in [0.1, 0.15) is 16.6 Å². The highest BCUT2D eigenvalue weighted by molar-refractivity contribution is 7.80. The quantitative estimate of drug-likeness (QED) is 0.354. The number of hydrogen-bond acceptors (Lipinski definition) is 6. The second-order valence-electron chi connectivity index (χ2n) is 12.4. The Kier molecular flexibility index (Phi) is 7.99. The van der Waals surface area contributed by atoms with Crippen LogP contribution in [0.5, 0.6) is 0 Å². The first-order valence-corrected chi connectivity index (χ1v) is 15.2. The summed E-state index contributed by atoms with van der Waals surface area (Å²) in [5.41, 5.74) is 0.596. The number of thiophene rings is 1. The van der Waals surface area contributed by atoms with Gasteiger partial charge in [-0.25, -0.2) is 13.6 Å². The van der Waals surface area contributed by atoms with Gasteiger partial charge in [0.05, 0.1) is 18.7 Å². The van der Waals surface area contributed by atoms with Crippen LogP contribution in [0.25, 0.3) is 0 Å². The van der Waals surface area contributed by atoms with Gasteiger partial charge < -0.3 is 26.0 Å². The fourth-order valence-electron chi connectivity index (χ4n) is 5.03. The molecule has 2 heterocycles. The summed E-state index contributed by atoms with van der Waals surface area (Å²) >= 11 is 6.85. The third kappa shape index (κ3) is 7.02. The topological polar surface area (TPSA) is 112 Å². The van der Waals surface area contributed by atoms with Crippen LogP contribution in [0.2, 0.25) is 0 Å². The Labute approximate surface area is 242 Å². The monoisotopic (exact) mass is 597 g/mol. The Morgan fingerprint density at radius 2 is 1.85 bits per heavy atom. The van der Waals surface area contributed by atoms with Crippen LogP contribution in [0.4, 0.5) is 18.6 Å². The Morgan fingerprint density at radius 3 is 2.50 bits per heavy atom. The molecule has 40 heavy (non-hydrogen) atoms. The molecule has 0 bridgehead atoms. The third-order valence-corrected chi connectivity index (χ3v) is 8.97. The second-order valence-corrected chi connectivity index (χ2v) is 13.9. The first kappa shape index (κ1) is 29.0. The van der Waals surface area contributed by atoms with E-state index in [4.69, 9.17) is 17.0 Å². The van der Waals surface area contributed by atoms with Gasteiger partial charge in [-0.1, -0.05) is 0 Å². The highest BCUT2D eigenvalue weighted by Crippen LogP contribution is 2.40. The summed E-state index contributed by atoms with van der Waals surface area (Å²) in [4.78, 5) is 40.2. The lowest BCUT2D eigenvalue weighted by molar-refractivity contribution is -0.117. The molecule has 4 aliphatic rings. The molecule has 0 spiro atoms. The van der Waals surface area contributed by atoms with E-state index in [-0.39, 0.29) is 35.4 Å². The van der Waals surface area contributed by atoms with Gasteiger partial charge >= 0.3 is 6.09 Å². The van der Waals surface area contributed by atoms with Gasteiger partial charge in [-0.15, -0.1) is 11.3 Å². The number of halogens is 2. The molecule has 1 saturated heterocycles. The summed E-state index contributed by atoms with van der Waals surface area (Å²) in [6.07, 6.45) is 5.01.